The summed E-state index contributed by atoms with van der Waals surface area (Å²) < 4.78 is 26.9. The highest BCUT2D eigenvalue weighted by molar-refractivity contribution is 5.36. The van der Waals surface area contributed by atoms with E-state index in [1.54, 1.807) is 0 Å². The molecule has 0 aromatic heterocycles. The van der Waals surface area contributed by atoms with E-state index < -0.39 is 12.5 Å². The number of halogens is 2. The molecule has 4 heteroatoms. The molecule has 18 heavy (non-hydrogen) atoms. The van der Waals surface area contributed by atoms with Crippen molar-refractivity contribution in [1.29, 1.82) is 0 Å². The van der Waals surface area contributed by atoms with Gasteiger partial charge in [-0.05, 0) is 30.5 Å². The molecule has 100 valence electrons. The van der Waals surface area contributed by atoms with Gasteiger partial charge in [0.2, 0.25) is 0 Å². The lowest BCUT2D eigenvalue weighted by Gasteiger charge is -2.36. The number of nitrogens with zero attached hydrogens (tertiary/aromatic N) is 1. The Bertz CT molecular complexity index is 381. The van der Waals surface area contributed by atoms with Crippen LogP contribution in [0.1, 0.15) is 22.7 Å². The fourth-order valence-corrected chi connectivity index (χ4v) is 2.72. The van der Waals surface area contributed by atoms with Crippen molar-refractivity contribution in [2.24, 2.45) is 0 Å². The summed E-state index contributed by atoms with van der Waals surface area (Å²) in [6, 6.07) is 4.99. The van der Waals surface area contributed by atoms with Gasteiger partial charge in [-0.2, -0.15) is 0 Å². The highest BCUT2D eigenvalue weighted by atomic mass is 19.3. The molecule has 2 nitrogen and oxygen atoms in total. The Hall–Kier alpha value is -1.00. The van der Waals surface area contributed by atoms with E-state index in [4.69, 9.17) is 0 Å². The van der Waals surface area contributed by atoms with Gasteiger partial charge in [0.15, 0.2) is 0 Å². The first-order valence-corrected chi connectivity index (χ1v) is 6.40. The van der Waals surface area contributed by atoms with E-state index in [-0.39, 0.29) is 0 Å². The van der Waals surface area contributed by atoms with Crippen molar-refractivity contribution < 1.29 is 8.78 Å². The van der Waals surface area contributed by atoms with E-state index in [1.807, 2.05) is 36.9 Å². The maximum absolute atomic E-state index is 13.5. The maximum Gasteiger partial charge on any atom is 0.258 e. The highest BCUT2D eigenvalue weighted by Gasteiger charge is 2.31. The van der Waals surface area contributed by atoms with Gasteiger partial charge >= 0.3 is 0 Å². The number of hydrogen-bond donors (Lipinski definition) is 1. The number of benzene rings is 1. The van der Waals surface area contributed by atoms with Gasteiger partial charge in [-0.15, -0.1) is 0 Å². The van der Waals surface area contributed by atoms with Crippen molar-refractivity contribution in [3.63, 3.8) is 0 Å². The number of rotatable bonds is 3. The minimum atomic E-state index is -2.34. The van der Waals surface area contributed by atoms with Crippen molar-refractivity contribution in [1.82, 2.24) is 10.2 Å². The molecule has 0 radical (unpaired) electrons. The lowest BCUT2D eigenvalue weighted by atomic mass is 9.95. The standard InChI is InChI=1S/C14H20F2N2/c1-10-4-3-5-11(2)12(10)13(14(15)16)18-8-6-17-7-9-18/h3-5,13-14,17H,6-9H2,1-2H3/t13-/m1/s1. The van der Waals surface area contributed by atoms with Crippen LogP contribution in [0.2, 0.25) is 0 Å². The minimum Gasteiger partial charge on any atom is -0.314 e. The Morgan fingerprint density at radius 2 is 1.67 bits per heavy atom. The third-order valence-corrected chi connectivity index (χ3v) is 3.62. The predicted octanol–water partition coefficient (Wildman–Crippen LogP) is 2.51. The van der Waals surface area contributed by atoms with Gasteiger partial charge < -0.3 is 5.32 Å². The summed E-state index contributed by atoms with van der Waals surface area (Å²) in [5.74, 6) is 0. The van der Waals surface area contributed by atoms with Crippen LogP contribution in [0.5, 0.6) is 0 Å². The Kier molecular flexibility index (Phi) is 4.30. The lowest BCUT2D eigenvalue weighted by molar-refractivity contribution is 0.0175. The molecule has 0 spiro atoms. The van der Waals surface area contributed by atoms with E-state index in [0.29, 0.717) is 13.1 Å². The fourth-order valence-electron chi connectivity index (χ4n) is 2.72. The molecule has 1 saturated heterocycles. The first-order chi connectivity index (χ1) is 8.61. The van der Waals surface area contributed by atoms with Gasteiger partial charge in [0, 0.05) is 26.2 Å². The van der Waals surface area contributed by atoms with Gasteiger partial charge in [-0.1, -0.05) is 18.2 Å². The van der Waals surface area contributed by atoms with Crippen LogP contribution in [-0.2, 0) is 0 Å². The summed E-state index contributed by atoms with van der Waals surface area (Å²) in [5, 5.41) is 3.20. The zero-order valence-corrected chi connectivity index (χ0v) is 10.9. The number of piperazine rings is 1. The maximum atomic E-state index is 13.5. The fraction of sp³-hybridized carbons (Fsp3) is 0.571. The Labute approximate surface area is 107 Å². The molecule has 0 amide bonds. The normalized spacial score (nSPS) is 19.2. The third-order valence-electron chi connectivity index (χ3n) is 3.62. The van der Waals surface area contributed by atoms with E-state index in [1.165, 1.54) is 0 Å². The average molecular weight is 254 g/mol. The largest absolute Gasteiger partial charge is 0.314 e. The van der Waals surface area contributed by atoms with E-state index in [2.05, 4.69) is 5.32 Å². The molecule has 1 heterocycles. The molecule has 0 saturated carbocycles. The molecule has 1 aromatic carbocycles. The second-order valence-corrected chi connectivity index (χ2v) is 4.87. The van der Waals surface area contributed by atoms with Gasteiger partial charge in [-0.25, -0.2) is 8.78 Å². The summed E-state index contributed by atoms with van der Waals surface area (Å²) in [6.07, 6.45) is -2.34. The summed E-state index contributed by atoms with van der Waals surface area (Å²) in [7, 11) is 0. The molecule has 0 unspecified atom stereocenters. The molecule has 1 aromatic rings. The zero-order chi connectivity index (χ0) is 13.1. The van der Waals surface area contributed by atoms with Crippen molar-refractivity contribution in [3.8, 4) is 0 Å². The Morgan fingerprint density at radius 1 is 1.11 bits per heavy atom. The average Bonchev–Trinajstić information content (AvgIpc) is 2.34. The Morgan fingerprint density at radius 3 is 2.17 bits per heavy atom. The Balaban J connectivity index is 2.34. The van der Waals surface area contributed by atoms with Crippen LogP contribution in [0.25, 0.3) is 0 Å². The second-order valence-electron chi connectivity index (χ2n) is 4.87. The van der Waals surface area contributed by atoms with Gasteiger partial charge in [-0.3, -0.25) is 4.90 Å². The molecule has 0 bridgehead atoms. The van der Waals surface area contributed by atoms with Crippen LogP contribution in [-0.4, -0.2) is 37.5 Å². The summed E-state index contributed by atoms with van der Waals surface area (Å²) >= 11 is 0. The topological polar surface area (TPSA) is 15.3 Å². The van der Waals surface area contributed by atoms with Crippen molar-refractivity contribution in [2.45, 2.75) is 26.3 Å². The first kappa shape index (κ1) is 13.4. The molecule has 0 aliphatic carbocycles. The van der Waals surface area contributed by atoms with Crippen molar-refractivity contribution >= 4 is 0 Å². The minimum absolute atomic E-state index is 0.683. The molecular formula is C14H20F2N2. The van der Waals surface area contributed by atoms with Crippen LogP contribution in [0.3, 0.4) is 0 Å². The van der Waals surface area contributed by atoms with Crippen molar-refractivity contribution in [3.05, 3.63) is 34.9 Å². The van der Waals surface area contributed by atoms with Crippen LogP contribution < -0.4 is 5.32 Å². The number of aryl methyl sites for hydroxylation is 2. The highest BCUT2D eigenvalue weighted by Crippen LogP contribution is 2.32. The van der Waals surface area contributed by atoms with Crippen LogP contribution >= 0.6 is 0 Å². The van der Waals surface area contributed by atoms with E-state index in [9.17, 15) is 8.78 Å². The molecule has 1 aliphatic heterocycles. The van der Waals surface area contributed by atoms with Crippen LogP contribution in [0, 0.1) is 13.8 Å². The van der Waals surface area contributed by atoms with E-state index in [0.717, 1.165) is 29.8 Å². The summed E-state index contributed by atoms with van der Waals surface area (Å²) in [5.41, 5.74) is 2.71. The van der Waals surface area contributed by atoms with Crippen LogP contribution in [0.15, 0.2) is 18.2 Å². The van der Waals surface area contributed by atoms with Crippen LogP contribution in [0.4, 0.5) is 8.78 Å². The molecule has 1 fully saturated rings. The smallest absolute Gasteiger partial charge is 0.258 e. The molecule has 1 aliphatic rings. The summed E-state index contributed by atoms with van der Waals surface area (Å²) in [6.45, 7) is 6.77. The molecule has 1 N–H and O–H groups in total. The quantitative estimate of drug-likeness (QED) is 0.891. The van der Waals surface area contributed by atoms with Gasteiger partial charge in [0.05, 0.1) is 6.04 Å². The lowest BCUT2D eigenvalue weighted by Crippen LogP contribution is -2.47. The summed E-state index contributed by atoms with van der Waals surface area (Å²) in [4.78, 5) is 1.90. The van der Waals surface area contributed by atoms with E-state index >= 15 is 0 Å². The van der Waals surface area contributed by atoms with Crippen molar-refractivity contribution in [2.75, 3.05) is 26.2 Å². The molecule has 2 rings (SSSR count). The predicted molar refractivity (Wildman–Crippen MR) is 69.1 cm³/mol. The zero-order valence-electron chi connectivity index (χ0n) is 10.9. The first-order valence-electron chi connectivity index (χ1n) is 6.40. The molecular weight excluding hydrogens is 234 g/mol. The monoisotopic (exact) mass is 254 g/mol. The SMILES string of the molecule is Cc1cccc(C)c1[C@H](C(F)F)N1CCNCC1. The number of nitrogens with one attached hydrogen (secondary N) is 1. The molecule has 1 atom stereocenters. The third kappa shape index (κ3) is 2.70. The number of hydrogen-bond acceptors (Lipinski definition) is 2. The second kappa shape index (κ2) is 5.76. The number of alkyl halides is 2. The van der Waals surface area contributed by atoms with Gasteiger partial charge in [0.1, 0.15) is 0 Å². The van der Waals surface area contributed by atoms with Gasteiger partial charge in [0.25, 0.3) is 6.43 Å².